The molecule has 0 amide bonds. The molecule has 0 radical (unpaired) electrons. The summed E-state index contributed by atoms with van der Waals surface area (Å²) in [5.41, 5.74) is 1.38. The fourth-order valence-electron chi connectivity index (χ4n) is 1.96. The van der Waals surface area contributed by atoms with Crippen molar-refractivity contribution in [2.24, 2.45) is 0 Å². The highest BCUT2D eigenvalue weighted by Crippen LogP contribution is 2.32. The van der Waals surface area contributed by atoms with E-state index in [9.17, 15) is 14.9 Å². The lowest BCUT2D eigenvalue weighted by Gasteiger charge is -2.01. The Balaban J connectivity index is 1.76. The van der Waals surface area contributed by atoms with Gasteiger partial charge in [0.1, 0.15) is 0 Å². The normalized spacial score (nSPS) is 10.8. The minimum Gasteiger partial charge on any atom is -0.293 e. The third kappa shape index (κ3) is 3.60. The first-order valence-electron chi connectivity index (χ1n) is 6.50. The summed E-state index contributed by atoms with van der Waals surface area (Å²) in [5.74, 6) is 0.276. The second-order valence-corrected chi connectivity index (χ2v) is 7.69. The first kappa shape index (κ1) is 16.1. The van der Waals surface area contributed by atoms with Crippen molar-refractivity contribution in [3.63, 3.8) is 0 Å². The molecule has 5 nitrogen and oxygen atoms in total. The average Bonchev–Trinajstić information content (AvgIpc) is 2.95. The van der Waals surface area contributed by atoms with Gasteiger partial charge in [-0.25, -0.2) is 4.98 Å². The molecule has 0 fully saturated rings. The number of non-ortho nitro benzene ring substituents is 1. The Bertz CT molecular complexity index is 911. The van der Waals surface area contributed by atoms with Crippen molar-refractivity contribution in [3.05, 3.63) is 62.6 Å². The third-order valence-electron chi connectivity index (χ3n) is 3.06. The number of fused-ring (bicyclic) bond motifs is 1. The van der Waals surface area contributed by atoms with Crippen LogP contribution in [-0.2, 0) is 0 Å². The summed E-state index contributed by atoms with van der Waals surface area (Å²) < 4.78 is 2.24. The van der Waals surface area contributed by atoms with Gasteiger partial charge in [0.2, 0.25) is 0 Å². The zero-order valence-corrected chi connectivity index (χ0v) is 14.8. The van der Waals surface area contributed by atoms with Gasteiger partial charge in [0.25, 0.3) is 5.69 Å². The Morgan fingerprint density at radius 1 is 1.30 bits per heavy atom. The summed E-state index contributed by atoms with van der Waals surface area (Å²) in [6.45, 7) is 0. The number of nitro groups is 1. The van der Waals surface area contributed by atoms with Gasteiger partial charge in [-0.2, -0.15) is 0 Å². The van der Waals surface area contributed by atoms with Crippen LogP contribution in [0.3, 0.4) is 0 Å². The fraction of sp³-hybridized carbons (Fsp3) is 0.0667. The highest BCUT2D eigenvalue weighted by Gasteiger charge is 2.13. The monoisotopic (exact) mass is 408 g/mol. The highest BCUT2D eigenvalue weighted by molar-refractivity contribution is 9.10. The predicted octanol–water partition coefficient (Wildman–Crippen LogP) is 4.94. The smallest absolute Gasteiger partial charge is 0.270 e. The molecule has 0 saturated carbocycles. The molecule has 8 heteroatoms. The fourth-order valence-corrected chi connectivity index (χ4v) is 4.45. The maximum Gasteiger partial charge on any atom is 0.270 e. The van der Waals surface area contributed by atoms with E-state index < -0.39 is 4.92 Å². The first-order valence-corrected chi connectivity index (χ1v) is 9.09. The minimum atomic E-state index is -0.428. The lowest BCUT2D eigenvalue weighted by atomic mass is 10.1. The molecular weight excluding hydrogens is 400 g/mol. The molecule has 0 aliphatic rings. The van der Waals surface area contributed by atoms with Gasteiger partial charge in [0, 0.05) is 22.2 Å². The van der Waals surface area contributed by atoms with E-state index in [0.717, 1.165) is 13.5 Å². The molecule has 3 rings (SSSR count). The number of carbonyl (C=O) groups excluding carboxylic acids is 1. The number of ketones is 1. The summed E-state index contributed by atoms with van der Waals surface area (Å²) >= 11 is 6.06. The van der Waals surface area contributed by atoms with Crippen molar-refractivity contribution in [1.82, 2.24) is 4.98 Å². The molecule has 23 heavy (non-hydrogen) atoms. The summed E-state index contributed by atoms with van der Waals surface area (Å²) in [6, 6.07) is 11.8. The molecule has 3 aromatic rings. The van der Waals surface area contributed by atoms with Gasteiger partial charge >= 0.3 is 0 Å². The van der Waals surface area contributed by atoms with E-state index >= 15 is 0 Å². The molecule has 0 N–H and O–H groups in total. The number of aromatic nitrogens is 1. The van der Waals surface area contributed by atoms with Crippen molar-refractivity contribution in [1.29, 1.82) is 0 Å². The lowest BCUT2D eigenvalue weighted by molar-refractivity contribution is -0.384. The Hall–Kier alpha value is -1.77. The minimum absolute atomic E-state index is 0.00714. The Kier molecular flexibility index (Phi) is 4.74. The molecule has 0 aliphatic carbocycles. The number of halogens is 1. The van der Waals surface area contributed by atoms with E-state index in [4.69, 9.17) is 0 Å². The summed E-state index contributed by atoms with van der Waals surface area (Å²) in [7, 11) is 0. The quantitative estimate of drug-likeness (QED) is 0.258. The van der Waals surface area contributed by atoms with E-state index in [-0.39, 0.29) is 17.2 Å². The maximum atomic E-state index is 12.2. The van der Waals surface area contributed by atoms with Crippen LogP contribution in [0.5, 0.6) is 0 Å². The average molecular weight is 409 g/mol. The standard InChI is InChI=1S/C15H9BrN2O3S2/c16-11-4-2-1-3-10(11)13(19)8-22-15-17-12-6-5-9(18(20)21)7-14(12)23-15/h1-7H,8H2. The van der Waals surface area contributed by atoms with Crippen LogP contribution in [0.15, 0.2) is 51.3 Å². The number of hydrogen-bond acceptors (Lipinski definition) is 6. The zero-order valence-electron chi connectivity index (χ0n) is 11.6. The van der Waals surface area contributed by atoms with Gasteiger partial charge in [0.05, 0.1) is 20.9 Å². The van der Waals surface area contributed by atoms with E-state index in [1.165, 1.54) is 35.2 Å². The number of thioether (sulfide) groups is 1. The summed E-state index contributed by atoms with van der Waals surface area (Å²) in [6.07, 6.45) is 0. The maximum absolute atomic E-state index is 12.2. The predicted molar refractivity (Wildman–Crippen MR) is 95.5 cm³/mol. The largest absolute Gasteiger partial charge is 0.293 e. The van der Waals surface area contributed by atoms with Gasteiger partial charge < -0.3 is 0 Å². The highest BCUT2D eigenvalue weighted by atomic mass is 79.9. The Morgan fingerprint density at radius 2 is 2.09 bits per heavy atom. The van der Waals surface area contributed by atoms with Crippen molar-refractivity contribution < 1.29 is 9.72 Å². The number of thiazole rings is 1. The van der Waals surface area contributed by atoms with E-state index in [1.54, 1.807) is 12.1 Å². The topological polar surface area (TPSA) is 73.1 Å². The van der Waals surface area contributed by atoms with Gasteiger partial charge in [-0.05, 0) is 12.1 Å². The number of hydrogen-bond donors (Lipinski definition) is 0. The van der Waals surface area contributed by atoms with Gasteiger partial charge in [-0.15, -0.1) is 11.3 Å². The number of nitrogens with zero attached hydrogens (tertiary/aromatic N) is 2. The Morgan fingerprint density at radius 3 is 2.83 bits per heavy atom. The van der Waals surface area contributed by atoms with Crippen molar-refractivity contribution in [3.8, 4) is 0 Å². The number of benzene rings is 2. The SMILES string of the molecule is O=C(CSc1nc2ccc([N+](=O)[O-])cc2s1)c1ccccc1Br. The van der Waals surface area contributed by atoms with Gasteiger partial charge in [-0.1, -0.05) is 45.9 Å². The molecule has 2 aromatic carbocycles. The molecule has 116 valence electrons. The molecule has 1 heterocycles. The lowest BCUT2D eigenvalue weighted by Crippen LogP contribution is -2.02. The van der Waals surface area contributed by atoms with Gasteiger partial charge in [0.15, 0.2) is 10.1 Å². The molecule has 0 saturated heterocycles. The molecule has 0 bridgehead atoms. The molecule has 0 atom stereocenters. The number of rotatable bonds is 5. The van der Waals surface area contributed by atoms with E-state index in [1.807, 2.05) is 18.2 Å². The van der Waals surface area contributed by atoms with Crippen LogP contribution in [-0.4, -0.2) is 21.4 Å². The summed E-state index contributed by atoms with van der Waals surface area (Å²) in [4.78, 5) is 27.0. The van der Waals surface area contributed by atoms with Crippen LogP contribution in [0.2, 0.25) is 0 Å². The van der Waals surface area contributed by atoms with E-state index in [0.29, 0.717) is 11.1 Å². The number of carbonyl (C=O) groups is 1. The van der Waals surface area contributed by atoms with Crippen LogP contribution in [0, 0.1) is 10.1 Å². The summed E-state index contributed by atoms with van der Waals surface area (Å²) in [5, 5.41) is 10.8. The molecular formula is C15H9BrN2O3S2. The number of nitro benzene ring substituents is 1. The van der Waals surface area contributed by atoms with Crippen molar-refractivity contribution in [2.75, 3.05) is 5.75 Å². The van der Waals surface area contributed by atoms with Gasteiger partial charge in [-0.3, -0.25) is 14.9 Å². The Labute approximate surface area is 148 Å². The zero-order chi connectivity index (χ0) is 16.4. The number of Topliss-reactive ketones (excluding diaryl/α,β-unsaturated/α-hetero) is 1. The second-order valence-electron chi connectivity index (χ2n) is 4.58. The second kappa shape index (κ2) is 6.77. The van der Waals surface area contributed by atoms with E-state index in [2.05, 4.69) is 20.9 Å². The van der Waals surface area contributed by atoms with Crippen LogP contribution < -0.4 is 0 Å². The van der Waals surface area contributed by atoms with Crippen molar-refractivity contribution in [2.45, 2.75) is 4.34 Å². The molecule has 1 aromatic heterocycles. The van der Waals surface area contributed by atoms with Crippen LogP contribution in [0.4, 0.5) is 5.69 Å². The van der Waals surface area contributed by atoms with Crippen molar-refractivity contribution >= 4 is 60.7 Å². The molecule has 0 spiro atoms. The molecule has 0 aliphatic heterocycles. The third-order valence-corrected chi connectivity index (χ3v) is 5.92. The van der Waals surface area contributed by atoms with Crippen LogP contribution in [0.1, 0.15) is 10.4 Å². The van der Waals surface area contributed by atoms with Crippen LogP contribution >= 0.6 is 39.0 Å². The molecule has 0 unspecified atom stereocenters. The van der Waals surface area contributed by atoms with Crippen LogP contribution in [0.25, 0.3) is 10.2 Å². The first-order chi connectivity index (χ1) is 11.0.